The van der Waals surface area contributed by atoms with Gasteiger partial charge in [0.25, 0.3) is 0 Å². The van der Waals surface area contributed by atoms with Crippen LogP contribution in [0, 0.1) is 0 Å². The quantitative estimate of drug-likeness (QED) is 0.790. The molecule has 1 aliphatic rings. The minimum Gasteiger partial charge on any atom is -0.314 e. The third-order valence-electron chi connectivity index (χ3n) is 3.58. The molecule has 6 heteroatoms. The average molecular weight is 297 g/mol. The molecule has 5 nitrogen and oxygen atoms in total. The lowest BCUT2D eigenvalue weighted by Gasteiger charge is -2.23. The van der Waals surface area contributed by atoms with Gasteiger partial charge in [0.2, 0.25) is 10.0 Å². The molecule has 1 fully saturated rings. The standard InChI is InChI=1S/C14H23N3O2S/c18-20(19,12-8-14-6-2-4-10-16-14)17-11-7-13-5-1-3-9-15-13/h1,3,5,9,14,16-17H,2,4,6-8,10-12H2. The fourth-order valence-electron chi connectivity index (χ4n) is 2.42. The molecule has 20 heavy (non-hydrogen) atoms. The molecular weight excluding hydrogens is 274 g/mol. The molecule has 0 spiro atoms. The predicted octanol–water partition coefficient (Wildman–Crippen LogP) is 1.08. The fourth-order valence-corrected chi connectivity index (χ4v) is 3.57. The first kappa shape index (κ1) is 15.4. The van der Waals surface area contributed by atoms with Gasteiger partial charge in [-0.05, 0) is 37.9 Å². The first-order valence-corrected chi connectivity index (χ1v) is 8.91. The molecule has 0 saturated carbocycles. The zero-order chi connectivity index (χ0) is 14.3. The molecule has 1 aromatic heterocycles. The van der Waals surface area contributed by atoms with Crippen molar-refractivity contribution >= 4 is 10.0 Å². The largest absolute Gasteiger partial charge is 0.314 e. The Kier molecular flexibility index (Phi) is 5.94. The molecule has 0 radical (unpaired) electrons. The second-order valence-corrected chi connectivity index (χ2v) is 7.15. The summed E-state index contributed by atoms with van der Waals surface area (Å²) in [6, 6.07) is 6.02. The molecule has 0 amide bonds. The molecule has 1 atom stereocenters. The number of hydrogen-bond acceptors (Lipinski definition) is 4. The normalized spacial score (nSPS) is 19.9. The highest BCUT2D eigenvalue weighted by Gasteiger charge is 2.17. The van der Waals surface area contributed by atoms with Gasteiger partial charge in [0.05, 0.1) is 5.75 Å². The number of piperidine rings is 1. The summed E-state index contributed by atoms with van der Waals surface area (Å²) >= 11 is 0. The van der Waals surface area contributed by atoms with Crippen LogP contribution in [0.4, 0.5) is 0 Å². The lowest BCUT2D eigenvalue weighted by atomic mass is 10.0. The van der Waals surface area contributed by atoms with Crippen molar-refractivity contribution in [3.63, 3.8) is 0 Å². The van der Waals surface area contributed by atoms with Crippen LogP contribution in [-0.2, 0) is 16.4 Å². The van der Waals surface area contributed by atoms with Gasteiger partial charge >= 0.3 is 0 Å². The van der Waals surface area contributed by atoms with Crippen LogP contribution in [0.25, 0.3) is 0 Å². The lowest BCUT2D eigenvalue weighted by Crippen LogP contribution is -2.37. The first-order chi connectivity index (χ1) is 9.66. The van der Waals surface area contributed by atoms with Crippen molar-refractivity contribution < 1.29 is 8.42 Å². The minimum atomic E-state index is -3.17. The second kappa shape index (κ2) is 7.71. The van der Waals surface area contributed by atoms with E-state index in [9.17, 15) is 8.42 Å². The maximum absolute atomic E-state index is 11.9. The van der Waals surface area contributed by atoms with Crippen molar-refractivity contribution in [1.29, 1.82) is 0 Å². The van der Waals surface area contributed by atoms with Crippen LogP contribution in [0.5, 0.6) is 0 Å². The lowest BCUT2D eigenvalue weighted by molar-refractivity contribution is 0.392. The maximum atomic E-state index is 11.9. The molecule has 2 rings (SSSR count). The van der Waals surface area contributed by atoms with Crippen molar-refractivity contribution in [3.05, 3.63) is 30.1 Å². The number of aromatic nitrogens is 1. The van der Waals surface area contributed by atoms with Crippen LogP contribution in [-0.4, -0.2) is 38.3 Å². The second-order valence-electron chi connectivity index (χ2n) is 5.22. The zero-order valence-electron chi connectivity index (χ0n) is 11.7. The summed E-state index contributed by atoms with van der Waals surface area (Å²) in [5, 5.41) is 3.37. The van der Waals surface area contributed by atoms with Crippen molar-refractivity contribution in [3.8, 4) is 0 Å². The van der Waals surface area contributed by atoms with E-state index in [0.29, 0.717) is 25.4 Å². The van der Waals surface area contributed by atoms with Gasteiger partial charge in [0, 0.05) is 30.9 Å². The van der Waals surface area contributed by atoms with Crippen molar-refractivity contribution in [1.82, 2.24) is 15.0 Å². The van der Waals surface area contributed by atoms with E-state index in [1.807, 2.05) is 18.2 Å². The van der Waals surface area contributed by atoms with Gasteiger partial charge in [-0.25, -0.2) is 13.1 Å². The van der Waals surface area contributed by atoms with Crippen molar-refractivity contribution in [2.24, 2.45) is 0 Å². The molecule has 2 N–H and O–H groups in total. The summed E-state index contributed by atoms with van der Waals surface area (Å²) in [6.07, 6.45) is 6.53. The van der Waals surface area contributed by atoms with Crippen LogP contribution in [0.3, 0.4) is 0 Å². The Morgan fingerprint density at radius 1 is 1.35 bits per heavy atom. The SMILES string of the molecule is O=S(=O)(CCC1CCCCN1)NCCc1ccccn1. The molecule has 0 bridgehead atoms. The van der Waals surface area contributed by atoms with E-state index in [1.54, 1.807) is 6.20 Å². The Hall–Kier alpha value is -0.980. The zero-order valence-corrected chi connectivity index (χ0v) is 12.5. The van der Waals surface area contributed by atoms with Crippen LogP contribution in [0.15, 0.2) is 24.4 Å². The Morgan fingerprint density at radius 2 is 2.25 bits per heavy atom. The molecule has 2 heterocycles. The van der Waals surface area contributed by atoms with Crippen LogP contribution in [0.1, 0.15) is 31.4 Å². The van der Waals surface area contributed by atoms with E-state index in [4.69, 9.17) is 0 Å². The number of pyridine rings is 1. The van der Waals surface area contributed by atoms with Crippen molar-refractivity contribution in [2.75, 3.05) is 18.8 Å². The number of hydrogen-bond donors (Lipinski definition) is 2. The predicted molar refractivity (Wildman–Crippen MR) is 80.0 cm³/mol. The highest BCUT2D eigenvalue weighted by molar-refractivity contribution is 7.89. The Bertz CT molecular complexity index is 484. The molecule has 0 aromatic carbocycles. The summed E-state index contributed by atoms with van der Waals surface area (Å²) in [4.78, 5) is 4.17. The summed E-state index contributed by atoms with van der Waals surface area (Å²) in [6.45, 7) is 1.43. The number of nitrogens with zero attached hydrogens (tertiary/aromatic N) is 1. The van der Waals surface area contributed by atoms with E-state index in [0.717, 1.165) is 18.7 Å². The first-order valence-electron chi connectivity index (χ1n) is 7.26. The summed E-state index contributed by atoms with van der Waals surface area (Å²) in [5.74, 6) is 0.201. The fraction of sp³-hybridized carbons (Fsp3) is 0.643. The van der Waals surface area contributed by atoms with E-state index in [-0.39, 0.29) is 5.75 Å². The minimum absolute atomic E-state index is 0.201. The van der Waals surface area contributed by atoms with E-state index < -0.39 is 10.0 Å². The molecule has 1 saturated heterocycles. The van der Waals surface area contributed by atoms with Gasteiger partial charge in [-0.2, -0.15) is 0 Å². The number of sulfonamides is 1. The van der Waals surface area contributed by atoms with Gasteiger partial charge in [0.15, 0.2) is 0 Å². The molecule has 0 aliphatic carbocycles. The summed E-state index contributed by atoms with van der Waals surface area (Å²) in [5.41, 5.74) is 0.907. The van der Waals surface area contributed by atoms with Gasteiger partial charge in [0.1, 0.15) is 0 Å². The van der Waals surface area contributed by atoms with Crippen LogP contribution >= 0.6 is 0 Å². The topological polar surface area (TPSA) is 71.1 Å². The van der Waals surface area contributed by atoms with Gasteiger partial charge in [-0.15, -0.1) is 0 Å². The van der Waals surface area contributed by atoms with Crippen LogP contribution < -0.4 is 10.0 Å². The maximum Gasteiger partial charge on any atom is 0.211 e. The molecular formula is C14H23N3O2S. The van der Waals surface area contributed by atoms with Crippen molar-refractivity contribution in [2.45, 2.75) is 38.1 Å². The third-order valence-corrected chi connectivity index (χ3v) is 4.99. The Balaban J connectivity index is 1.68. The molecule has 112 valence electrons. The summed E-state index contributed by atoms with van der Waals surface area (Å²) < 4.78 is 26.5. The van der Waals surface area contributed by atoms with E-state index >= 15 is 0 Å². The van der Waals surface area contributed by atoms with Gasteiger partial charge in [-0.3, -0.25) is 4.98 Å². The number of rotatable bonds is 7. The van der Waals surface area contributed by atoms with Gasteiger partial charge < -0.3 is 5.32 Å². The van der Waals surface area contributed by atoms with Gasteiger partial charge in [-0.1, -0.05) is 12.5 Å². The monoisotopic (exact) mass is 297 g/mol. The summed E-state index contributed by atoms with van der Waals surface area (Å²) in [7, 11) is -3.17. The highest BCUT2D eigenvalue weighted by Crippen LogP contribution is 2.10. The Labute approximate surface area is 121 Å². The third kappa shape index (κ3) is 5.56. The highest BCUT2D eigenvalue weighted by atomic mass is 32.2. The average Bonchev–Trinajstić information content (AvgIpc) is 2.47. The van der Waals surface area contributed by atoms with E-state index in [1.165, 1.54) is 12.8 Å². The molecule has 1 aromatic rings. The van der Waals surface area contributed by atoms with E-state index in [2.05, 4.69) is 15.0 Å². The number of nitrogens with one attached hydrogen (secondary N) is 2. The smallest absolute Gasteiger partial charge is 0.211 e. The Morgan fingerprint density at radius 3 is 2.95 bits per heavy atom. The van der Waals surface area contributed by atoms with Crippen LogP contribution in [0.2, 0.25) is 0 Å². The molecule has 1 unspecified atom stereocenters. The molecule has 1 aliphatic heterocycles.